The molecule has 1 unspecified atom stereocenters. The number of hydrogen-bond donors (Lipinski definition) is 2. The first-order valence-electron chi connectivity index (χ1n) is 19.3. The van der Waals surface area contributed by atoms with Crippen LogP contribution in [0.2, 0.25) is 10.0 Å². The van der Waals surface area contributed by atoms with E-state index in [1.807, 2.05) is 36.4 Å². The molecule has 5 atom stereocenters. The number of halogens is 2. The van der Waals surface area contributed by atoms with Gasteiger partial charge in [0.2, 0.25) is 0 Å². The number of rotatable bonds is 13. The molecule has 0 spiro atoms. The zero-order valence-corrected chi connectivity index (χ0v) is 36.1. The van der Waals surface area contributed by atoms with Crippen molar-refractivity contribution in [3.8, 4) is 5.75 Å². The lowest BCUT2D eigenvalue weighted by Gasteiger charge is -2.43. The lowest BCUT2D eigenvalue weighted by atomic mass is 9.84. The van der Waals surface area contributed by atoms with Gasteiger partial charge in [0.25, 0.3) is 5.91 Å². The molecule has 15 nitrogen and oxygen atoms in total. The van der Waals surface area contributed by atoms with E-state index in [1.54, 1.807) is 45.0 Å². The van der Waals surface area contributed by atoms with Crippen molar-refractivity contribution >= 4 is 53.2 Å². The largest absolute Gasteiger partial charge is 0.486 e. The van der Waals surface area contributed by atoms with Crippen molar-refractivity contribution in [1.29, 1.82) is 0 Å². The summed E-state index contributed by atoms with van der Waals surface area (Å²) >= 11 is 13.0. The fourth-order valence-corrected chi connectivity index (χ4v) is 8.24. The minimum atomic E-state index is -2.10. The van der Waals surface area contributed by atoms with Gasteiger partial charge in [-0.1, -0.05) is 83.9 Å². The maximum Gasteiger partial charge on any atom is 0.413 e. The number of nitrogens with one attached hydrogen (secondary N) is 1. The van der Waals surface area contributed by atoms with E-state index in [9.17, 15) is 29.1 Å². The third kappa shape index (κ3) is 10.1. The van der Waals surface area contributed by atoms with Crippen LogP contribution in [0.15, 0.2) is 72.8 Å². The van der Waals surface area contributed by atoms with Gasteiger partial charge in [0.15, 0.2) is 17.3 Å². The van der Waals surface area contributed by atoms with Gasteiger partial charge in [-0.25, -0.2) is 19.2 Å². The van der Waals surface area contributed by atoms with Crippen LogP contribution in [-0.4, -0.2) is 107 Å². The Morgan fingerprint density at radius 2 is 1.47 bits per heavy atom. The first-order valence-corrected chi connectivity index (χ1v) is 20.1. The van der Waals surface area contributed by atoms with E-state index in [2.05, 4.69) is 5.32 Å². The average Bonchev–Trinajstić information content (AvgIpc) is 3.73. The summed E-state index contributed by atoms with van der Waals surface area (Å²) in [5.74, 6) is -2.38. The first kappa shape index (κ1) is 46.0. The minimum Gasteiger partial charge on any atom is -0.486 e. The van der Waals surface area contributed by atoms with Gasteiger partial charge in [0, 0.05) is 11.6 Å². The summed E-state index contributed by atoms with van der Waals surface area (Å²) in [4.78, 5) is 72.3. The maximum atomic E-state index is 14.4. The maximum absolute atomic E-state index is 14.4. The third-order valence-corrected chi connectivity index (χ3v) is 10.8. The molecule has 2 saturated heterocycles. The molecular formula is C43H51Cl2N3O12. The molecule has 0 aliphatic carbocycles. The van der Waals surface area contributed by atoms with Crippen LogP contribution in [-0.2, 0) is 46.5 Å². The van der Waals surface area contributed by atoms with E-state index in [1.165, 1.54) is 26.0 Å². The summed E-state index contributed by atoms with van der Waals surface area (Å²) in [5, 5.41) is 13.5. The highest BCUT2D eigenvalue weighted by atomic mass is 35.5. The molecule has 2 heterocycles. The summed E-state index contributed by atoms with van der Waals surface area (Å²) in [7, 11) is 2.24. The summed E-state index contributed by atoms with van der Waals surface area (Å²) in [5.41, 5.74) is -3.15. The highest BCUT2D eigenvalue weighted by Crippen LogP contribution is 2.48. The molecule has 0 radical (unpaired) electrons. The van der Waals surface area contributed by atoms with Gasteiger partial charge in [-0.2, -0.15) is 0 Å². The van der Waals surface area contributed by atoms with Gasteiger partial charge in [-0.15, -0.1) is 0 Å². The van der Waals surface area contributed by atoms with Crippen LogP contribution < -0.4 is 10.1 Å². The van der Waals surface area contributed by atoms with Crippen molar-refractivity contribution in [1.82, 2.24) is 15.1 Å². The van der Waals surface area contributed by atoms with Crippen molar-refractivity contribution in [2.24, 2.45) is 0 Å². The lowest BCUT2D eigenvalue weighted by molar-refractivity contribution is -0.171. The fraction of sp³-hybridized carbons (Fsp3) is 0.465. The summed E-state index contributed by atoms with van der Waals surface area (Å²) in [6, 6.07) is 17.4. The Balaban J connectivity index is 1.46. The van der Waals surface area contributed by atoms with Crippen molar-refractivity contribution in [3.63, 3.8) is 0 Å². The van der Waals surface area contributed by atoms with Crippen molar-refractivity contribution in [2.75, 3.05) is 20.8 Å². The molecular weight excluding hydrogens is 821 g/mol. The SMILES string of the molecule is COC(=O)[C@H]1[C@@H]([C@@]2(C(=O)OC)CC[C@H](CC(CO)NC(=O)c3cc(Cl)c(OCc4ccccc4)c(Cl)c3)N2C(=O)OC(C)(C)C)OC(C)(C)N1C(=O)OCc1ccccc1. The molecule has 17 heteroatoms. The monoisotopic (exact) mass is 871 g/mol. The molecule has 3 aromatic carbocycles. The molecule has 2 aliphatic heterocycles. The van der Waals surface area contributed by atoms with Crippen LogP contribution in [0.4, 0.5) is 9.59 Å². The Labute approximate surface area is 359 Å². The van der Waals surface area contributed by atoms with Gasteiger partial charge in [-0.3, -0.25) is 14.6 Å². The first-order chi connectivity index (χ1) is 28.4. The molecule has 2 aliphatic rings. The average molecular weight is 873 g/mol. The zero-order valence-electron chi connectivity index (χ0n) is 34.6. The number of ether oxygens (including phenoxy) is 6. The predicted octanol–water partition coefficient (Wildman–Crippen LogP) is 6.68. The predicted molar refractivity (Wildman–Crippen MR) is 219 cm³/mol. The molecule has 0 saturated carbocycles. The number of esters is 2. The molecule has 3 aromatic rings. The Kier molecular flexibility index (Phi) is 14.6. The second-order valence-electron chi connectivity index (χ2n) is 16.0. The molecule has 5 rings (SSSR count). The number of nitrogens with zero attached hydrogens (tertiary/aromatic N) is 2. The second kappa shape index (κ2) is 19.1. The van der Waals surface area contributed by atoms with Crippen LogP contribution in [0.1, 0.15) is 75.4 Å². The number of methoxy groups -OCH3 is 2. The number of aliphatic hydroxyl groups excluding tert-OH is 1. The van der Waals surface area contributed by atoms with Gasteiger partial charge in [-0.05, 0) is 77.1 Å². The molecule has 0 bridgehead atoms. The topological polar surface area (TPSA) is 179 Å². The van der Waals surface area contributed by atoms with Crippen LogP contribution in [0.5, 0.6) is 5.75 Å². The van der Waals surface area contributed by atoms with Crippen LogP contribution in [0.3, 0.4) is 0 Å². The number of likely N-dealkylation sites (tertiary alicyclic amines) is 1. The van der Waals surface area contributed by atoms with Crippen molar-refractivity contribution in [2.45, 2.75) is 108 Å². The Hall–Kier alpha value is -5.09. The normalized spacial score (nSPS) is 21.5. The highest BCUT2D eigenvalue weighted by molar-refractivity contribution is 6.37. The van der Waals surface area contributed by atoms with Gasteiger partial charge in [0.05, 0.1) is 36.9 Å². The van der Waals surface area contributed by atoms with E-state index in [4.69, 9.17) is 51.6 Å². The van der Waals surface area contributed by atoms with Crippen molar-refractivity contribution < 1.29 is 57.5 Å². The number of aliphatic hydroxyl groups is 1. The lowest BCUT2D eigenvalue weighted by Crippen LogP contribution is -2.67. The molecule has 60 heavy (non-hydrogen) atoms. The molecule has 2 fully saturated rings. The smallest absolute Gasteiger partial charge is 0.413 e. The standard InChI is InChI=1S/C43H51Cl2N3O12/c1-41(2,3)60-40(54)47-30(22-29(23-49)46-36(50)28-20-31(44)34(32(45)21-28)57-24-26-14-10-8-11-15-26)18-19-43(47,38(52)56-7)35-33(37(51)55-6)48(42(4,5)59-35)39(53)58-25-27-16-12-9-13-17-27/h8-17,20-21,29-30,33,35,49H,18-19,22-25H2,1-7H3,(H,46,50)/t29?,30-,33-,35+,43-/m1/s1. The number of benzene rings is 3. The zero-order chi connectivity index (χ0) is 44.0. The highest BCUT2D eigenvalue weighted by Gasteiger charge is 2.70. The quantitative estimate of drug-likeness (QED) is 0.138. The molecule has 324 valence electrons. The minimum absolute atomic E-state index is 0.0663. The molecule has 3 amide bonds. The number of hydrogen-bond acceptors (Lipinski definition) is 12. The number of amides is 3. The molecule has 0 aromatic heterocycles. The fourth-order valence-electron chi connectivity index (χ4n) is 7.65. The second-order valence-corrected chi connectivity index (χ2v) is 16.8. The Morgan fingerprint density at radius 1 is 0.883 bits per heavy atom. The van der Waals surface area contributed by atoms with Gasteiger partial charge >= 0.3 is 24.1 Å². The van der Waals surface area contributed by atoms with E-state index in [0.29, 0.717) is 5.56 Å². The van der Waals surface area contributed by atoms with Crippen LogP contribution in [0.25, 0.3) is 0 Å². The Morgan fingerprint density at radius 3 is 2.00 bits per heavy atom. The van der Waals surface area contributed by atoms with Gasteiger partial charge < -0.3 is 38.8 Å². The van der Waals surface area contributed by atoms with Gasteiger partial charge in [0.1, 0.15) is 30.6 Å². The summed E-state index contributed by atoms with van der Waals surface area (Å²) in [6.07, 6.45) is -3.67. The van der Waals surface area contributed by atoms with Crippen LogP contribution in [0, 0.1) is 0 Å². The van der Waals surface area contributed by atoms with Crippen molar-refractivity contribution in [3.05, 3.63) is 99.5 Å². The number of carbonyl (C=O) groups is 5. The van der Waals surface area contributed by atoms with E-state index >= 15 is 0 Å². The van der Waals surface area contributed by atoms with E-state index < -0.39 is 77.7 Å². The Bertz CT molecular complexity index is 2010. The summed E-state index contributed by atoms with van der Waals surface area (Å²) < 4.78 is 34.4. The van der Waals surface area contributed by atoms with E-state index in [-0.39, 0.29) is 53.8 Å². The summed E-state index contributed by atoms with van der Waals surface area (Å²) in [6.45, 7) is 7.39. The van der Waals surface area contributed by atoms with E-state index in [0.717, 1.165) is 29.6 Å². The molecule has 2 N–H and O–H groups in total. The number of carbonyl (C=O) groups excluding carboxylic acids is 5. The van der Waals surface area contributed by atoms with Crippen LogP contribution >= 0.6 is 23.2 Å². The third-order valence-electron chi connectivity index (χ3n) is 10.3.